The monoisotopic (exact) mass is 336 g/mol. The van der Waals surface area contributed by atoms with E-state index in [4.69, 9.17) is 11.6 Å². The van der Waals surface area contributed by atoms with Crippen molar-refractivity contribution in [2.24, 2.45) is 0 Å². The molecule has 4 nitrogen and oxygen atoms in total. The molecule has 22 heavy (non-hydrogen) atoms. The molecule has 0 aliphatic carbocycles. The molecule has 0 N–H and O–H groups in total. The van der Waals surface area contributed by atoms with Gasteiger partial charge in [0.15, 0.2) is 11.0 Å². The van der Waals surface area contributed by atoms with Crippen LogP contribution >= 0.6 is 23.3 Å². The summed E-state index contributed by atoms with van der Waals surface area (Å²) in [6, 6.07) is 11.9. The standard InChI is InChI=1S/C16H21ClN4S/c1-11-9-21(16-15(17)18-22-19-16)13(3)12(2)20(11)10-14-7-5-4-6-8-14/h4-8,11-13H,9-10H2,1-3H3. The Kier molecular flexibility index (Phi) is 4.66. The molecule has 6 heteroatoms. The maximum absolute atomic E-state index is 6.18. The molecule has 0 bridgehead atoms. The van der Waals surface area contributed by atoms with Crippen LogP contribution in [-0.2, 0) is 6.54 Å². The molecular weight excluding hydrogens is 316 g/mol. The summed E-state index contributed by atoms with van der Waals surface area (Å²) in [4.78, 5) is 4.85. The van der Waals surface area contributed by atoms with Gasteiger partial charge in [-0.25, -0.2) is 0 Å². The second-order valence-electron chi connectivity index (χ2n) is 6.02. The van der Waals surface area contributed by atoms with Crippen molar-refractivity contribution in [3.05, 3.63) is 41.0 Å². The van der Waals surface area contributed by atoms with E-state index in [-0.39, 0.29) is 0 Å². The van der Waals surface area contributed by atoms with Crippen LogP contribution in [0.25, 0.3) is 0 Å². The quantitative estimate of drug-likeness (QED) is 0.856. The van der Waals surface area contributed by atoms with Crippen molar-refractivity contribution in [2.75, 3.05) is 11.4 Å². The zero-order valence-corrected chi connectivity index (χ0v) is 14.7. The van der Waals surface area contributed by atoms with Gasteiger partial charge in [-0.3, -0.25) is 4.90 Å². The van der Waals surface area contributed by atoms with Crippen LogP contribution in [0.2, 0.25) is 5.15 Å². The van der Waals surface area contributed by atoms with Crippen LogP contribution in [0.15, 0.2) is 30.3 Å². The summed E-state index contributed by atoms with van der Waals surface area (Å²) in [6.45, 7) is 8.69. The first-order chi connectivity index (χ1) is 10.6. The Hall–Kier alpha value is -1.17. The van der Waals surface area contributed by atoms with Gasteiger partial charge in [-0.2, -0.15) is 8.75 Å². The third kappa shape index (κ3) is 2.98. The molecule has 2 heterocycles. The highest BCUT2D eigenvalue weighted by Gasteiger charge is 2.36. The summed E-state index contributed by atoms with van der Waals surface area (Å²) in [5.41, 5.74) is 1.36. The number of nitrogens with zero attached hydrogens (tertiary/aromatic N) is 4. The van der Waals surface area contributed by atoms with Crippen molar-refractivity contribution in [2.45, 2.75) is 45.4 Å². The number of anilines is 1. The van der Waals surface area contributed by atoms with Crippen LogP contribution in [0, 0.1) is 0 Å². The number of aromatic nitrogens is 2. The van der Waals surface area contributed by atoms with Gasteiger partial charge in [-0.15, -0.1) is 0 Å². The van der Waals surface area contributed by atoms with Crippen LogP contribution < -0.4 is 4.90 Å². The second-order valence-corrected chi connectivity index (χ2v) is 6.91. The molecule has 1 aliphatic heterocycles. The van der Waals surface area contributed by atoms with Gasteiger partial charge < -0.3 is 4.90 Å². The maximum Gasteiger partial charge on any atom is 0.187 e. The van der Waals surface area contributed by atoms with Gasteiger partial charge in [0.2, 0.25) is 0 Å². The minimum atomic E-state index is 0.348. The molecule has 1 aromatic heterocycles. The van der Waals surface area contributed by atoms with Crippen molar-refractivity contribution < 1.29 is 0 Å². The minimum Gasteiger partial charge on any atom is -0.347 e. The molecule has 118 valence electrons. The Bertz CT molecular complexity index is 618. The lowest BCUT2D eigenvalue weighted by molar-refractivity contribution is 0.0971. The van der Waals surface area contributed by atoms with Crippen LogP contribution in [0.4, 0.5) is 5.82 Å². The van der Waals surface area contributed by atoms with E-state index in [1.54, 1.807) is 0 Å². The molecule has 0 spiro atoms. The normalized spacial score (nSPS) is 26.4. The number of benzene rings is 1. The highest BCUT2D eigenvalue weighted by Crippen LogP contribution is 2.31. The van der Waals surface area contributed by atoms with Crippen LogP contribution in [0.1, 0.15) is 26.3 Å². The van der Waals surface area contributed by atoms with E-state index in [1.165, 1.54) is 17.3 Å². The van der Waals surface area contributed by atoms with E-state index in [0.29, 0.717) is 23.3 Å². The highest BCUT2D eigenvalue weighted by atomic mass is 35.5. The number of hydrogen-bond acceptors (Lipinski definition) is 5. The lowest BCUT2D eigenvalue weighted by Gasteiger charge is -2.49. The first-order valence-electron chi connectivity index (χ1n) is 7.62. The Morgan fingerprint density at radius 3 is 2.50 bits per heavy atom. The van der Waals surface area contributed by atoms with Crippen LogP contribution in [0.3, 0.4) is 0 Å². The number of hydrogen-bond donors (Lipinski definition) is 0. The number of piperazine rings is 1. The van der Waals surface area contributed by atoms with Gasteiger partial charge in [0.05, 0.1) is 11.7 Å². The lowest BCUT2D eigenvalue weighted by atomic mass is 9.99. The lowest BCUT2D eigenvalue weighted by Crippen LogP contribution is -2.61. The maximum atomic E-state index is 6.18. The van der Waals surface area contributed by atoms with Crippen molar-refractivity contribution in [3.63, 3.8) is 0 Å². The highest BCUT2D eigenvalue weighted by molar-refractivity contribution is 6.99. The average Bonchev–Trinajstić information content (AvgIpc) is 2.94. The molecule has 3 unspecified atom stereocenters. The van der Waals surface area contributed by atoms with E-state index in [0.717, 1.165) is 18.9 Å². The SMILES string of the molecule is CC1C(C)N(Cc2ccccc2)C(C)CN1c1nsnc1Cl. The molecule has 1 aliphatic rings. The van der Waals surface area contributed by atoms with Gasteiger partial charge in [0.1, 0.15) is 0 Å². The molecule has 1 aromatic carbocycles. The second kappa shape index (κ2) is 6.52. The Labute approximate surface area is 141 Å². The fourth-order valence-electron chi connectivity index (χ4n) is 3.21. The van der Waals surface area contributed by atoms with E-state index in [1.807, 2.05) is 0 Å². The Morgan fingerprint density at radius 2 is 1.86 bits per heavy atom. The van der Waals surface area contributed by atoms with Crippen molar-refractivity contribution in [1.82, 2.24) is 13.6 Å². The average molecular weight is 337 g/mol. The first kappa shape index (κ1) is 15.7. The summed E-state index contributed by atoms with van der Waals surface area (Å²) >= 11 is 7.36. The van der Waals surface area contributed by atoms with Crippen LogP contribution in [0.5, 0.6) is 0 Å². The minimum absolute atomic E-state index is 0.348. The smallest absolute Gasteiger partial charge is 0.187 e. The van der Waals surface area contributed by atoms with Gasteiger partial charge in [-0.1, -0.05) is 41.9 Å². The third-order valence-corrected chi connectivity index (χ3v) is 5.53. The van der Waals surface area contributed by atoms with Gasteiger partial charge in [0, 0.05) is 31.2 Å². The molecule has 1 saturated heterocycles. The molecule has 0 saturated carbocycles. The Balaban J connectivity index is 1.78. The van der Waals surface area contributed by atoms with E-state index < -0.39 is 0 Å². The number of rotatable bonds is 3. The van der Waals surface area contributed by atoms with Crippen LogP contribution in [-0.4, -0.2) is 38.3 Å². The largest absolute Gasteiger partial charge is 0.347 e. The summed E-state index contributed by atoms with van der Waals surface area (Å²) in [6.07, 6.45) is 0. The van der Waals surface area contributed by atoms with Crippen molar-refractivity contribution in [3.8, 4) is 0 Å². The van der Waals surface area contributed by atoms with Gasteiger partial charge >= 0.3 is 0 Å². The zero-order chi connectivity index (χ0) is 15.7. The molecule has 3 rings (SSSR count). The van der Waals surface area contributed by atoms with Gasteiger partial charge in [0.25, 0.3) is 0 Å². The summed E-state index contributed by atoms with van der Waals surface area (Å²) in [5, 5.41) is 0.521. The molecule has 1 fully saturated rings. The third-order valence-electron chi connectivity index (χ3n) is 4.65. The predicted molar refractivity (Wildman–Crippen MR) is 92.6 cm³/mol. The Morgan fingerprint density at radius 1 is 1.14 bits per heavy atom. The van der Waals surface area contributed by atoms with Gasteiger partial charge in [-0.05, 0) is 26.3 Å². The molecule has 3 atom stereocenters. The molecule has 0 amide bonds. The van der Waals surface area contributed by atoms with E-state index in [2.05, 4.69) is 69.6 Å². The summed E-state index contributed by atoms with van der Waals surface area (Å²) in [7, 11) is 0. The summed E-state index contributed by atoms with van der Waals surface area (Å²) < 4.78 is 8.48. The first-order valence-corrected chi connectivity index (χ1v) is 8.73. The molecule has 2 aromatic rings. The van der Waals surface area contributed by atoms with Crippen molar-refractivity contribution >= 4 is 29.1 Å². The zero-order valence-electron chi connectivity index (χ0n) is 13.1. The van der Waals surface area contributed by atoms with E-state index >= 15 is 0 Å². The van der Waals surface area contributed by atoms with Crippen molar-refractivity contribution in [1.29, 1.82) is 0 Å². The molecule has 0 radical (unpaired) electrons. The molecular formula is C16H21ClN4S. The predicted octanol–water partition coefficient (Wildman–Crippen LogP) is 3.68. The van der Waals surface area contributed by atoms with E-state index in [9.17, 15) is 0 Å². The topological polar surface area (TPSA) is 32.3 Å². The fraction of sp³-hybridized carbons (Fsp3) is 0.500. The number of halogens is 1. The summed E-state index contributed by atoms with van der Waals surface area (Å²) in [5.74, 6) is 0.831. The fourth-order valence-corrected chi connectivity index (χ4v) is 3.97.